The average molecular weight is 562 g/mol. The first-order valence-electron chi connectivity index (χ1n) is 11.9. The van der Waals surface area contributed by atoms with Gasteiger partial charge in [0.15, 0.2) is 17.3 Å². The van der Waals surface area contributed by atoms with Gasteiger partial charge in [0.1, 0.15) is 5.82 Å². The summed E-state index contributed by atoms with van der Waals surface area (Å²) >= 11 is 6.42. The average Bonchev–Trinajstić information content (AvgIpc) is 2.86. The Bertz CT molecular complexity index is 1430. The van der Waals surface area contributed by atoms with Gasteiger partial charge >= 0.3 is 6.18 Å². The molecule has 206 valence electrons. The number of Topliss-reactive ketones (excluding diaryl/α,β-unsaturated/α-hetero) is 1. The molecule has 0 saturated heterocycles. The molecule has 2 aliphatic rings. The van der Waals surface area contributed by atoms with Crippen molar-refractivity contribution in [2.24, 2.45) is 11.1 Å². The van der Waals surface area contributed by atoms with Crippen LogP contribution in [-0.2, 0) is 11.0 Å². The third-order valence-corrected chi connectivity index (χ3v) is 7.24. The number of nitrogens with zero attached hydrogens (tertiary/aromatic N) is 2. The Kier molecular flexibility index (Phi) is 7.25. The fraction of sp³-hybridized carbons (Fsp3) is 0.357. The van der Waals surface area contributed by atoms with Crippen molar-refractivity contribution in [2.45, 2.75) is 38.8 Å². The molecule has 2 N–H and O–H groups in total. The summed E-state index contributed by atoms with van der Waals surface area (Å²) in [6.07, 6.45) is -4.19. The van der Waals surface area contributed by atoms with Gasteiger partial charge < -0.3 is 19.9 Å². The lowest BCUT2D eigenvalue weighted by Gasteiger charge is -2.44. The number of allylic oxidation sites excluding steroid dienone is 3. The summed E-state index contributed by atoms with van der Waals surface area (Å²) in [6.45, 7) is 3.77. The number of hydrogen-bond donors (Lipinski definition) is 1. The number of ether oxygens (including phenoxy) is 3. The van der Waals surface area contributed by atoms with E-state index < -0.39 is 23.1 Å². The molecule has 1 unspecified atom stereocenters. The zero-order valence-electron chi connectivity index (χ0n) is 22.0. The van der Waals surface area contributed by atoms with Crippen LogP contribution in [0.5, 0.6) is 17.2 Å². The number of anilines is 1. The van der Waals surface area contributed by atoms with Crippen molar-refractivity contribution in [2.75, 3.05) is 26.2 Å². The molecule has 0 bridgehead atoms. The number of nitriles is 1. The van der Waals surface area contributed by atoms with E-state index in [1.807, 2.05) is 13.8 Å². The maximum Gasteiger partial charge on any atom is 0.416 e. The van der Waals surface area contributed by atoms with E-state index in [1.54, 1.807) is 12.1 Å². The molecule has 1 aliphatic carbocycles. The second kappa shape index (κ2) is 10.0. The third-order valence-electron chi connectivity index (χ3n) is 6.92. The Morgan fingerprint density at radius 3 is 2.21 bits per heavy atom. The Hall–Kier alpha value is -3.84. The van der Waals surface area contributed by atoms with E-state index in [0.717, 1.165) is 18.2 Å². The highest BCUT2D eigenvalue weighted by atomic mass is 35.5. The summed E-state index contributed by atoms with van der Waals surface area (Å²) in [5, 5.41) is 10.3. The predicted octanol–water partition coefficient (Wildman–Crippen LogP) is 6.33. The van der Waals surface area contributed by atoms with Gasteiger partial charge in [0.25, 0.3) is 0 Å². The van der Waals surface area contributed by atoms with Crippen LogP contribution in [0.3, 0.4) is 0 Å². The van der Waals surface area contributed by atoms with Crippen LogP contribution in [0.4, 0.5) is 18.9 Å². The van der Waals surface area contributed by atoms with E-state index >= 15 is 0 Å². The molecule has 0 amide bonds. The van der Waals surface area contributed by atoms with E-state index in [2.05, 4.69) is 6.07 Å². The van der Waals surface area contributed by atoms with E-state index in [9.17, 15) is 23.2 Å². The normalized spacial score (nSPS) is 19.0. The molecule has 1 aliphatic heterocycles. The molecule has 1 heterocycles. The number of nitrogens with two attached hydrogens (primary N) is 1. The number of carbonyl (C=O) groups excluding carboxylic acids is 1. The molecule has 4 rings (SSSR count). The van der Waals surface area contributed by atoms with E-state index in [-0.39, 0.29) is 39.9 Å². The number of benzene rings is 2. The minimum atomic E-state index is -4.65. The Balaban J connectivity index is 2.06. The van der Waals surface area contributed by atoms with Crippen molar-refractivity contribution >= 4 is 23.1 Å². The molecule has 0 spiro atoms. The standard InChI is InChI=1S/C28H27ClF3N3O4/c1-27(2)11-19-24(20(36)12-27)23(14-8-21(37-3)25(39-5)22(9-14)38-4)16(13-33)26(34)35(19)18-10-15(28(30,31)32)6-7-17(18)29/h6-10,23H,11-12,34H2,1-5H3. The zero-order chi connectivity index (χ0) is 28.9. The summed E-state index contributed by atoms with van der Waals surface area (Å²) in [4.78, 5) is 15.1. The van der Waals surface area contributed by atoms with E-state index in [1.165, 1.54) is 26.2 Å². The van der Waals surface area contributed by atoms with Gasteiger partial charge in [-0.25, -0.2) is 0 Å². The first-order chi connectivity index (χ1) is 18.3. The minimum Gasteiger partial charge on any atom is -0.493 e. The van der Waals surface area contributed by atoms with Gasteiger partial charge in [0.05, 0.1) is 55.2 Å². The Labute approximate surface area is 229 Å². The van der Waals surface area contributed by atoms with Crippen molar-refractivity contribution in [3.8, 4) is 23.3 Å². The quantitative estimate of drug-likeness (QED) is 0.456. The lowest BCUT2D eigenvalue weighted by Crippen LogP contribution is -2.42. The van der Waals surface area contributed by atoms with Crippen LogP contribution >= 0.6 is 11.6 Å². The largest absolute Gasteiger partial charge is 0.493 e. The van der Waals surface area contributed by atoms with E-state index in [0.29, 0.717) is 34.9 Å². The molecule has 2 aromatic rings. The Morgan fingerprint density at radius 1 is 1.08 bits per heavy atom. The molecule has 0 aromatic heterocycles. The smallest absolute Gasteiger partial charge is 0.416 e. The number of alkyl halides is 3. The summed E-state index contributed by atoms with van der Waals surface area (Å²) in [5.41, 5.74) is 6.11. The summed E-state index contributed by atoms with van der Waals surface area (Å²) in [5.74, 6) is -0.385. The van der Waals surface area contributed by atoms with Crippen molar-refractivity contribution in [3.63, 3.8) is 0 Å². The summed E-state index contributed by atoms with van der Waals surface area (Å²) < 4.78 is 57.3. The highest BCUT2D eigenvalue weighted by molar-refractivity contribution is 6.33. The van der Waals surface area contributed by atoms with Gasteiger partial charge in [-0.1, -0.05) is 25.4 Å². The van der Waals surface area contributed by atoms with Crippen LogP contribution in [0, 0.1) is 16.7 Å². The molecule has 0 saturated carbocycles. The SMILES string of the molecule is COc1cc(C2C(C#N)=C(N)N(c3cc(C(F)(F)F)ccc3Cl)C3=C2C(=O)CC(C)(C)C3)cc(OC)c1OC. The van der Waals surface area contributed by atoms with Gasteiger partial charge in [-0.3, -0.25) is 9.69 Å². The number of ketones is 1. The van der Waals surface area contributed by atoms with Gasteiger partial charge in [-0.2, -0.15) is 18.4 Å². The number of halogens is 4. The highest BCUT2D eigenvalue weighted by Gasteiger charge is 2.46. The van der Waals surface area contributed by atoms with Crippen LogP contribution in [0.2, 0.25) is 5.02 Å². The van der Waals surface area contributed by atoms with Gasteiger partial charge in [-0.15, -0.1) is 0 Å². The lowest BCUT2D eigenvalue weighted by atomic mass is 9.68. The van der Waals surface area contributed by atoms with Crippen molar-refractivity contribution in [1.82, 2.24) is 0 Å². The first-order valence-corrected chi connectivity index (χ1v) is 12.3. The van der Waals surface area contributed by atoms with Crippen LogP contribution in [-0.4, -0.2) is 27.1 Å². The maximum absolute atomic E-state index is 13.8. The fourth-order valence-electron chi connectivity index (χ4n) is 5.25. The fourth-order valence-corrected chi connectivity index (χ4v) is 5.45. The molecular weight excluding hydrogens is 535 g/mol. The van der Waals surface area contributed by atoms with Gasteiger partial charge in [0.2, 0.25) is 5.75 Å². The van der Waals surface area contributed by atoms with Crippen LogP contribution in [0.25, 0.3) is 0 Å². The highest BCUT2D eigenvalue weighted by Crippen LogP contribution is 2.53. The van der Waals surface area contributed by atoms with Crippen LogP contribution in [0.1, 0.15) is 43.7 Å². The van der Waals surface area contributed by atoms with Crippen LogP contribution in [0.15, 0.2) is 53.0 Å². The lowest BCUT2D eigenvalue weighted by molar-refractivity contribution is -0.137. The molecule has 11 heteroatoms. The number of carbonyl (C=O) groups is 1. The summed E-state index contributed by atoms with van der Waals surface area (Å²) in [7, 11) is 4.32. The predicted molar refractivity (Wildman–Crippen MR) is 140 cm³/mol. The molecule has 2 aromatic carbocycles. The molecule has 1 atom stereocenters. The molecule has 7 nitrogen and oxygen atoms in total. The van der Waals surface area contributed by atoms with E-state index in [4.69, 9.17) is 31.5 Å². The van der Waals surface area contributed by atoms with Gasteiger partial charge in [-0.05, 0) is 47.7 Å². The molecule has 0 radical (unpaired) electrons. The minimum absolute atomic E-state index is 0.0165. The van der Waals surface area contributed by atoms with Crippen molar-refractivity contribution < 1.29 is 32.2 Å². The number of methoxy groups -OCH3 is 3. The zero-order valence-corrected chi connectivity index (χ0v) is 22.8. The molecule has 39 heavy (non-hydrogen) atoms. The molecular formula is C28H27ClF3N3O4. The second-order valence-electron chi connectivity index (χ2n) is 10.1. The monoisotopic (exact) mass is 561 g/mol. The number of hydrogen-bond acceptors (Lipinski definition) is 7. The van der Waals surface area contributed by atoms with Crippen molar-refractivity contribution in [3.05, 3.63) is 69.1 Å². The third kappa shape index (κ3) is 4.87. The second-order valence-corrected chi connectivity index (χ2v) is 10.5. The Morgan fingerprint density at radius 2 is 1.69 bits per heavy atom. The topological polar surface area (TPSA) is 97.8 Å². The summed E-state index contributed by atoms with van der Waals surface area (Å²) in [6, 6.07) is 8.21. The van der Waals surface area contributed by atoms with Gasteiger partial charge in [0, 0.05) is 17.7 Å². The maximum atomic E-state index is 13.8. The first kappa shape index (κ1) is 28.2. The molecule has 0 fully saturated rings. The van der Waals surface area contributed by atoms with Crippen molar-refractivity contribution in [1.29, 1.82) is 5.26 Å². The number of rotatable bonds is 5. The van der Waals surface area contributed by atoms with Crippen LogP contribution < -0.4 is 24.8 Å².